The number of rotatable bonds is 3. The van der Waals surface area contributed by atoms with Crippen molar-refractivity contribution in [3.05, 3.63) is 24.3 Å². The molecule has 0 unspecified atom stereocenters. The fourth-order valence-corrected chi connectivity index (χ4v) is 1.95. The third-order valence-corrected chi connectivity index (χ3v) is 3.03. The molecule has 0 spiro atoms. The Hall–Kier alpha value is -2.08. The number of hydrogen-bond acceptors (Lipinski definition) is 6. The van der Waals surface area contributed by atoms with E-state index in [1.54, 1.807) is 7.11 Å². The highest BCUT2D eigenvalue weighted by Gasteiger charge is 2.17. The van der Waals surface area contributed by atoms with E-state index in [4.69, 9.17) is 13.9 Å². The first kappa shape index (κ1) is 12.0. The molecule has 0 atom stereocenters. The van der Waals surface area contributed by atoms with Crippen molar-refractivity contribution >= 4 is 6.01 Å². The molecule has 0 aliphatic carbocycles. The monoisotopic (exact) mass is 261 g/mol. The molecule has 2 heterocycles. The topological polar surface area (TPSA) is 60.6 Å². The van der Waals surface area contributed by atoms with Crippen molar-refractivity contribution in [3.8, 4) is 17.2 Å². The molecule has 0 N–H and O–H groups in total. The lowest BCUT2D eigenvalue weighted by atomic mass is 10.2. The molecular formula is C13H15N3O3. The molecule has 0 bridgehead atoms. The largest absolute Gasteiger partial charge is 0.497 e. The van der Waals surface area contributed by atoms with Gasteiger partial charge in [0.15, 0.2) is 0 Å². The molecule has 1 saturated heterocycles. The van der Waals surface area contributed by atoms with Gasteiger partial charge in [-0.05, 0) is 24.3 Å². The lowest BCUT2D eigenvalue weighted by molar-refractivity contribution is 0.120. The van der Waals surface area contributed by atoms with E-state index in [0.29, 0.717) is 25.1 Å². The molecule has 0 saturated carbocycles. The van der Waals surface area contributed by atoms with E-state index in [-0.39, 0.29) is 0 Å². The Morgan fingerprint density at radius 3 is 2.53 bits per heavy atom. The van der Waals surface area contributed by atoms with Crippen molar-refractivity contribution in [2.24, 2.45) is 0 Å². The Kier molecular flexibility index (Phi) is 3.33. The lowest BCUT2D eigenvalue weighted by Gasteiger charge is -2.24. The highest BCUT2D eigenvalue weighted by atomic mass is 16.5. The van der Waals surface area contributed by atoms with Crippen LogP contribution in [0.2, 0.25) is 0 Å². The van der Waals surface area contributed by atoms with Gasteiger partial charge in [0, 0.05) is 18.7 Å². The lowest BCUT2D eigenvalue weighted by Crippen LogP contribution is -2.36. The van der Waals surface area contributed by atoms with Crippen molar-refractivity contribution in [3.63, 3.8) is 0 Å². The van der Waals surface area contributed by atoms with Crippen LogP contribution >= 0.6 is 0 Å². The summed E-state index contributed by atoms with van der Waals surface area (Å²) in [6.07, 6.45) is 0. The summed E-state index contributed by atoms with van der Waals surface area (Å²) in [6, 6.07) is 8.08. The number of morpholine rings is 1. The molecule has 100 valence electrons. The normalized spacial score (nSPS) is 15.5. The average molecular weight is 261 g/mol. The van der Waals surface area contributed by atoms with Crippen LogP contribution in [-0.2, 0) is 4.74 Å². The Morgan fingerprint density at radius 2 is 1.84 bits per heavy atom. The maximum atomic E-state index is 5.69. The van der Waals surface area contributed by atoms with E-state index in [1.807, 2.05) is 29.2 Å². The third kappa shape index (κ3) is 2.53. The first-order valence-electron chi connectivity index (χ1n) is 6.17. The Morgan fingerprint density at radius 1 is 1.11 bits per heavy atom. The van der Waals surface area contributed by atoms with Crippen LogP contribution in [0.25, 0.3) is 11.5 Å². The van der Waals surface area contributed by atoms with Gasteiger partial charge < -0.3 is 18.8 Å². The summed E-state index contributed by atoms with van der Waals surface area (Å²) in [6.45, 7) is 2.95. The Bertz CT molecular complexity index is 532. The zero-order valence-electron chi connectivity index (χ0n) is 10.7. The van der Waals surface area contributed by atoms with Crippen molar-refractivity contribution in [1.29, 1.82) is 0 Å². The maximum absolute atomic E-state index is 5.69. The van der Waals surface area contributed by atoms with Crippen LogP contribution in [0, 0.1) is 0 Å². The van der Waals surface area contributed by atoms with E-state index in [0.717, 1.165) is 24.4 Å². The van der Waals surface area contributed by atoms with Crippen LogP contribution in [0.4, 0.5) is 6.01 Å². The average Bonchev–Trinajstić information content (AvgIpc) is 2.98. The number of nitrogens with zero attached hydrogens (tertiary/aromatic N) is 3. The number of aromatic nitrogens is 2. The third-order valence-electron chi connectivity index (χ3n) is 3.03. The molecule has 1 aromatic heterocycles. The molecule has 0 amide bonds. The molecule has 1 aliphatic rings. The van der Waals surface area contributed by atoms with Crippen LogP contribution in [0.3, 0.4) is 0 Å². The minimum absolute atomic E-state index is 0.518. The molecule has 2 aromatic rings. The van der Waals surface area contributed by atoms with Gasteiger partial charge in [0.1, 0.15) is 5.75 Å². The molecule has 3 rings (SSSR count). The summed E-state index contributed by atoms with van der Waals surface area (Å²) in [5.74, 6) is 1.32. The van der Waals surface area contributed by atoms with Gasteiger partial charge >= 0.3 is 6.01 Å². The predicted molar refractivity (Wildman–Crippen MR) is 69.3 cm³/mol. The van der Waals surface area contributed by atoms with Gasteiger partial charge in [-0.15, -0.1) is 5.10 Å². The van der Waals surface area contributed by atoms with Gasteiger partial charge in [0.25, 0.3) is 0 Å². The zero-order valence-corrected chi connectivity index (χ0v) is 10.7. The zero-order chi connectivity index (χ0) is 13.1. The number of anilines is 1. The SMILES string of the molecule is COc1ccc(-c2nnc(N3CCOCC3)o2)cc1. The summed E-state index contributed by atoms with van der Waals surface area (Å²) in [5, 5.41) is 8.16. The molecule has 6 nitrogen and oxygen atoms in total. The standard InChI is InChI=1S/C13H15N3O3/c1-17-11-4-2-10(3-5-11)12-14-15-13(19-12)16-6-8-18-9-7-16/h2-5H,6-9H2,1H3. The summed E-state index contributed by atoms with van der Waals surface area (Å²) >= 11 is 0. The van der Waals surface area contributed by atoms with Crippen LogP contribution in [-0.4, -0.2) is 43.6 Å². The van der Waals surface area contributed by atoms with Crippen molar-refractivity contribution < 1.29 is 13.9 Å². The fourth-order valence-electron chi connectivity index (χ4n) is 1.95. The van der Waals surface area contributed by atoms with E-state index in [1.165, 1.54) is 0 Å². The number of benzene rings is 1. The Labute approximate surface area is 110 Å². The molecule has 1 aromatic carbocycles. The minimum atomic E-state index is 0.518. The second kappa shape index (κ2) is 5.27. The van der Waals surface area contributed by atoms with Crippen LogP contribution in [0.5, 0.6) is 5.75 Å². The molecule has 1 aliphatic heterocycles. The van der Waals surface area contributed by atoms with Gasteiger partial charge in [-0.2, -0.15) is 0 Å². The number of hydrogen-bond donors (Lipinski definition) is 0. The van der Waals surface area contributed by atoms with Gasteiger partial charge in [-0.25, -0.2) is 0 Å². The predicted octanol–water partition coefficient (Wildman–Crippen LogP) is 1.58. The smallest absolute Gasteiger partial charge is 0.318 e. The maximum Gasteiger partial charge on any atom is 0.318 e. The second-order valence-corrected chi connectivity index (χ2v) is 4.22. The van der Waals surface area contributed by atoms with E-state index in [2.05, 4.69) is 10.2 Å². The van der Waals surface area contributed by atoms with Gasteiger partial charge in [-0.3, -0.25) is 0 Å². The number of methoxy groups -OCH3 is 1. The van der Waals surface area contributed by atoms with E-state index in [9.17, 15) is 0 Å². The van der Waals surface area contributed by atoms with E-state index >= 15 is 0 Å². The fraction of sp³-hybridized carbons (Fsp3) is 0.385. The second-order valence-electron chi connectivity index (χ2n) is 4.22. The highest BCUT2D eigenvalue weighted by Crippen LogP contribution is 2.24. The molecule has 1 fully saturated rings. The molecule has 6 heteroatoms. The highest BCUT2D eigenvalue weighted by molar-refractivity contribution is 5.55. The molecule has 0 radical (unpaired) electrons. The minimum Gasteiger partial charge on any atom is -0.497 e. The van der Waals surface area contributed by atoms with Crippen molar-refractivity contribution in [1.82, 2.24) is 10.2 Å². The summed E-state index contributed by atoms with van der Waals surface area (Å²) in [4.78, 5) is 2.03. The van der Waals surface area contributed by atoms with Gasteiger partial charge in [0.2, 0.25) is 5.89 Å². The van der Waals surface area contributed by atoms with Crippen molar-refractivity contribution in [2.75, 3.05) is 38.3 Å². The Balaban J connectivity index is 1.79. The van der Waals surface area contributed by atoms with Crippen LogP contribution in [0.1, 0.15) is 0 Å². The first-order valence-corrected chi connectivity index (χ1v) is 6.17. The first-order chi connectivity index (χ1) is 9.36. The summed E-state index contributed by atoms with van der Waals surface area (Å²) in [7, 11) is 1.64. The van der Waals surface area contributed by atoms with Crippen LogP contribution < -0.4 is 9.64 Å². The molecular weight excluding hydrogens is 246 g/mol. The summed E-state index contributed by atoms with van der Waals surface area (Å²) in [5.41, 5.74) is 0.882. The summed E-state index contributed by atoms with van der Waals surface area (Å²) < 4.78 is 16.1. The molecule has 19 heavy (non-hydrogen) atoms. The van der Waals surface area contributed by atoms with Crippen molar-refractivity contribution in [2.45, 2.75) is 0 Å². The number of ether oxygens (including phenoxy) is 2. The van der Waals surface area contributed by atoms with Crippen LogP contribution in [0.15, 0.2) is 28.7 Å². The quantitative estimate of drug-likeness (QED) is 0.836. The van der Waals surface area contributed by atoms with E-state index < -0.39 is 0 Å². The van der Waals surface area contributed by atoms with Gasteiger partial charge in [-0.1, -0.05) is 5.10 Å². The van der Waals surface area contributed by atoms with Gasteiger partial charge in [0.05, 0.1) is 20.3 Å².